The molecule has 0 saturated carbocycles. The molecule has 4 heteroatoms. The standard InChI is InChI=1S/C12H13FO3/c13-11-7-9(12(14)15)1-2-10(11)8-3-5-16-6-4-8/h1-2,7-8H,3-6H2,(H,14,15). The van der Waals surface area contributed by atoms with E-state index in [0.29, 0.717) is 18.8 Å². The highest BCUT2D eigenvalue weighted by atomic mass is 19.1. The van der Waals surface area contributed by atoms with Gasteiger partial charge in [0.1, 0.15) is 5.82 Å². The Morgan fingerprint density at radius 2 is 2.06 bits per heavy atom. The molecule has 3 nitrogen and oxygen atoms in total. The van der Waals surface area contributed by atoms with Crippen molar-refractivity contribution in [2.45, 2.75) is 18.8 Å². The fraction of sp³-hybridized carbons (Fsp3) is 0.417. The van der Waals surface area contributed by atoms with E-state index in [-0.39, 0.29) is 11.5 Å². The van der Waals surface area contributed by atoms with E-state index in [1.165, 1.54) is 6.07 Å². The Hall–Kier alpha value is -1.42. The SMILES string of the molecule is O=C(O)c1ccc(C2CCOCC2)c(F)c1. The Morgan fingerprint density at radius 3 is 2.62 bits per heavy atom. The summed E-state index contributed by atoms with van der Waals surface area (Å²) < 4.78 is 18.9. The van der Waals surface area contributed by atoms with Crippen LogP contribution in [0, 0.1) is 5.82 Å². The number of aromatic carboxylic acids is 1. The van der Waals surface area contributed by atoms with Gasteiger partial charge in [-0.25, -0.2) is 9.18 Å². The van der Waals surface area contributed by atoms with Gasteiger partial charge in [0, 0.05) is 13.2 Å². The van der Waals surface area contributed by atoms with Gasteiger partial charge in [0.15, 0.2) is 0 Å². The first kappa shape index (κ1) is 11.1. The smallest absolute Gasteiger partial charge is 0.335 e. The molecule has 1 aromatic carbocycles. The summed E-state index contributed by atoms with van der Waals surface area (Å²) in [5.41, 5.74) is 0.599. The van der Waals surface area contributed by atoms with E-state index in [1.807, 2.05) is 0 Å². The monoisotopic (exact) mass is 224 g/mol. The summed E-state index contributed by atoms with van der Waals surface area (Å²) in [6, 6.07) is 4.12. The zero-order chi connectivity index (χ0) is 11.5. The molecule has 2 rings (SSSR count). The van der Waals surface area contributed by atoms with Crippen LogP contribution in [-0.4, -0.2) is 24.3 Å². The first-order chi connectivity index (χ1) is 7.68. The Kier molecular flexibility index (Phi) is 3.19. The molecule has 1 N–H and O–H groups in total. The Bertz CT molecular complexity index is 397. The third kappa shape index (κ3) is 2.22. The molecule has 0 radical (unpaired) electrons. The number of carbonyl (C=O) groups is 1. The van der Waals surface area contributed by atoms with E-state index in [1.54, 1.807) is 6.07 Å². The molecule has 0 aromatic heterocycles. The summed E-state index contributed by atoms with van der Waals surface area (Å²) in [5.74, 6) is -1.37. The number of carboxylic acids is 1. The van der Waals surface area contributed by atoms with Crippen LogP contribution >= 0.6 is 0 Å². The highest BCUT2D eigenvalue weighted by molar-refractivity contribution is 5.87. The van der Waals surface area contributed by atoms with Crippen molar-refractivity contribution in [2.75, 3.05) is 13.2 Å². The summed E-state index contributed by atoms with van der Waals surface area (Å²) in [7, 11) is 0. The summed E-state index contributed by atoms with van der Waals surface area (Å²) in [4.78, 5) is 10.7. The first-order valence-corrected chi connectivity index (χ1v) is 5.29. The third-order valence-electron chi connectivity index (χ3n) is 2.91. The van der Waals surface area contributed by atoms with Crippen LogP contribution in [0.1, 0.15) is 34.7 Å². The Balaban J connectivity index is 2.24. The molecule has 16 heavy (non-hydrogen) atoms. The molecule has 1 aliphatic rings. The molecule has 1 saturated heterocycles. The maximum atomic E-state index is 13.7. The van der Waals surface area contributed by atoms with Gasteiger partial charge in [-0.15, -0.1) is 0 Å². The number of carboxylic acid groups (broad SMARTS) is 1. The highest BCUT2D eigenvalue weighted by Crippen LogP contribution is 2.29. The number of benzene rings is 1. The minimum absolute atomic E-state index is 0.00619. The molecule has 1 aromatic rings. The lowest BCUT2D eigenvalue weighted by Crippen LogP contribution is -2.15. The van der Waals surface area contributed by atoms with Crippen molar-refractivity contribution in [1.29, 1.82) is 0 Å². The van der Waals surface area contributed by atoms with Crippen molar-refractivity contribution < 1.29 is 19.0 Å². The lowest BCUT2D eigenvalue weighted by atomic mass is 9.91. The normalized spacial score (nSPS) is 17.3. The van der Waals surface area contributed by atoms with Gasteiger partial charge in [-0.05, 0) is 36.5 Å². The van der Waals surface area contributed by atoms with Crippen LogP contribution in [0.4, 0.5) is 4.39 Å². The average Bonchev–Trinajstić information content (AvgIpc) is 2.30. The van der Waals surface area contributed by atoms with Crippen molar-refractivity contribution in [3.05, 3.63) is 35.1 Å². The molecule has 1 heterocycles. The van der Waals surface area contributed by atoms with Crippen LogP contribution < -0.4 is 0 Å². The number of hydrogen-bond donors (Lipinski definition) is 1. The maximum Gasteiger partial charge on any atom is 0.335 e. The maximum absolute atomic E-state index is 13.7. The van der Waals surface area contributed by atoms with Crippen molar-refractivity contribution >= 4 is 5.97 Å². The molecule has 0 amide bonds. The molecule has 0 atom stereocenters. The quantitative estimate of drug-likeness (QED) is 0.839. The molecule has 86 valence electrons. The van der Waals surface area contributed by atoms with Crippen LogP contribution in [0.25, 0.3) is 0 Å². The highest BCUT2D eigenvalue weighted by Gasteiger charge is 2.20. The summed E-state index contributed by atoms with van der Waals surface area (Å²) in [5, 5.41) is 8.72. The molecule has 1 fully saturated rings. The number of hydrogen-bond acceptors (Lipinski definition) is 2. The van der Waals surface area contributed by atoms with Crippen LogP contribution in [-0.2, 0) is 4.74 Å². The predicted octanol–water partition coefficient (Wildman–Crippen LogP) is 2.42. The summed E-state index contributed by atoms with van der Waals surface area (Å²) in [6.45, 7) is 1.29. The minimum Gasteiger partial charge on any atom is -0.478 e. The third-order valence-corrected chi connectivity index (χ3v) is 2.91. The van der Waals surface area contributed by atoms with Gasteiger partial charge in [0.2, 0.25) is 0 Å². The van der Waals surface area contributed by atoms with Crippen LogP contribution in [0.3, 0.4) is 0 Å². The molecular weight excluding hydrogens is 211 g/mol. The second-order valence-corrected chi connectivity index (χ2v) is 3.93. The van der Waals surface area contributed by atoms with Gasteiger partial charge in [0.25, 0.3) is 0 Å². The Labute approximate surface area is 92.9 Å². The van der Waals surface area contributed by atoms with Crippen molar-refractivity contribution in [2.24, 2.45) is 0 Å². The summed E-state index contributed by atoms with van der Waals surface area (Å²) >= 11 is 0. The lowest BCUT2D eigenvalue weighted by molar-refractivity contribution is 0.0695. The van der Waals surface area contributed by atoms with Gasteiger partial charge < -0.3 is 9.84 Å². The molecular formula is C12H13FO3. The van der Waals surface area contributed by atoms with Gasteiger partial charge >= 0.3 is 5.97 Å². The van der Waals surface area contributed by atoms with Crippen molar-refractivity contribution in [3.63, 3.8) is 0 Å². The number of halogens is 1. The van der Waals surface area contributed by atoms with E-state index in [0.717, 1.165) is 18.9 Å². The molecule has 1 aliphatic heterocycles. The fourth-order valence-corrected chi connectivity index (χ4v) is 2.00. The largest absolute Gasteiger partial charge is 0.478 e. The van der Waals surface area contributed by atoms with Gasteiger partial charge in [-0.1, -0.05) is 6.07 Å². The first-order valence-electron chi connectivity index (χ1n) is 5.29. The van der Waals surface area contributed by atoms with E-state index in [4.69, 9.17) is 9.84 Å². The molecule has 0 aliphatic carbocycles. The molecule has 0 unspecified atom stereocenters. The summed E-state index contributed by atoms with van der Waals surface area (Å²) in [6.07, 6.45) is 1.59. The van der Waals surface area contributed by atoms with Gasteiger partial charge in [-0.3, -0.25) is 0 Å². The number of ether oxygens (including phenoxy) is 1. The van der Waals surface area contributed by atoms with E-state index in [9.17, 15) is 9.18 Å². The second kappa shape index (κ2) is 4.61. The van der Waals surface area contributed by atoms with E-state index in [2.05, 4.69) is 0 Å². The van der Waals surface area contributed by atoms with Crippen LogP contribution in [0.15, 0.2) is 18.2 Å². The second-order valence-electron chi connectivity index (χ2n) is 3.93. The zero-order valence-corrected chi connectivity index (χ0v) is 8.78. The van der Waals surface area contributed by atoms with E-state index < -0.39 is 11.8 Å². The lowest BCUT2D eigenvalue weighted by Gasteiger charge is -2.22. The van der Waals surface area contributed by atoms with E-state index >= 15 is 0 Å². The predicted molar refractivity (Wildman–Crippen MR) is 56.2 cm³/mol. The zero-order valence-electron chi connectivity index (χ0n) is 8.78. The van der Waals surface area contributed by atoms with Crippen LogP contribution in [0.5, 0.6) is 0 Å². The molecule has 0 spiro atoms. The topological polar surface area (TPSA) is 46.5 Å². The number of rotatable bonds is 2. The van der Waals surface area contributed by atoms with Crippen molar-refractivity contribution in [3.8, 4) is 0 Å². The van der Waals surface area contributed by atoms with Gasteiger partial charge in [0.05, 0.1) is 5.56 Å². The van der Waals surface area contributed by atoms with Gasteiger partial charge in [-0.2, -0.15) is 0 Å². The van der Waals surface area contributed by atoms with Crippen LogP contribution in [0.2, 0.25) is 0 Å². The van der Waals surface area contributed by atoms with Crippen molar-refractivity contribution in [1.82, 2.24) is 0 Å². The average molecular weight is 224 g/mol. The Morgan fingerprint density at radius 1 is 1.38 bits per heavy atom. The minimum atomic E-state index is -1.10. The fourth-order valence-electron chi connectivity index (χ4n) is 2.00. The molecule has 0 bridgehead atoms.